The fourth-order valence-corrected chi connectivity index (χ4v) is 5.68. The number of methoxy groups -OCH3 is 2. The molecule has 3 heterocycles. The quantitative estimate of drug-likeness (QED) is 0.211. The third-order valence-corrected chi connectivity index (χ3v) is 7.87. The lowest BCUT2D eigenvalue weighted by Gasteiger charge is -2.25. The number of aliphatic hydroxyl groups is 2. The average molecular weight is 583 g/mol. The number of anilines is 1. The monoisotopic (exact) mass is 582 g/mol. The van der Waals surface area contributed by atoms with Crippen LogP contribution in [0.3, 0.4) is 0 Å². The van der Waals surface area contributed by atoms with Crippen LogP contribution >= 0.6 is 0 Å². The Morgan fingerprint density at radius 3 is 2.05 bits per heavy atom. The highest BCUT2D eigenvalue weighted by molar-refractivity contribution is 6.09. The maximum Gasteiger partial charge on any atom is 0.328 e. The number of esters is 2. The molecule has 4 N–H and O–H groups in total. The SMILES string of the molecule is COC(=O)[C@@H]1CC(O)CN1C(=O)c1c2nc3c(C(=O)N4CC(O)C[C@H]4C(=O)OC)ccc(C)c3oc-2c(C)c(=O)c1N. The first kappa shape index (κ1) is 29.0. The van der Waals surface area contributed by atoms with Crippen LogP contribution < -0.4 is 11.2 Å². The normalized spacial score (nSPS) is 22.1. The number of likely N-dealkylation sites (tertiary alicyclic amines) is 2. The molecule has 5 rings (SSSR count). The van der Waals surface area contributed by atoms with Gasteiger partial charge in [0, 0.05) is 31.5 Å². The van der Waals surface area contributed by atoms with Crippen LogP contribution in [0.2, 0.25) is 0 Å². The molecule has 14 heteroatoms. The zero-order chi connectivity index (χ0) is 30.6. The van der Waals surface area contributed by atoms with Gasteiger partial charge in [0.25, 0.3) is 11.8 Å². The zero-order valence-electron chi connectivity index (χ0n) is 23.4. The van der Waals surface area contributed by atoms with Crippen molar-refractivity contribution in [3.8, 4) is 11.5 Å². The van der Waals surface area contributed by atoms with Gasteiger partial charge in [-0.15, -0.1) is 0 Å². The molecule has 1 aliphatic carbocycles. The van der Waals surface area contributed by atoms with Crippen LogP contribution in [0.5, 0.6) is 0 Å². The van der Waals surface area contributed by atoms with Gasteiger partial charge in [-0.05, 0) is 25.5 Å². The summed E-state index contributed by atoms with van der Waals surface area (Å²) in [7, 11) is 2.34. The smallest absolute Gasteiger partial charge is 0.328 e. The topological polar surface area (TPSA) is 203 Å². The molecule has 2 fully saturated rings. The van der Waals surface area contributed by atoms with E-state index in [9.17, 15) is 34.2 Å². The van der Waals surface area contributed by atoms with E-state index in [4.69, 9.17) is 19.6 Å². The van der Waals surface area contributed by atoms with Crippen molar-refractivity contribution in [3.05, 3.63) is 44.6 Å². The number of carbonyl (C=O) groups excluding carboxylic acids is 4. The number of nitrogens with zero attached hydrogens (tertiary/aromatic N) is 3. The van der Waals surface area contributed by atoms with Crippen LogP contribution in [0, 0.1) is 13.8 Å². The van der Waals surface area contributed by atoms with E-state index in [2.05, 4.69) is 4.98 Å². The maximum atomic E-state index is 13.9. The van der Waals surface area contributed by atoms with Crippen LogP contribution in [0.4, 0.5) is 5.69 Å². The van der Waals surface area contributed by atoms with Gasteiger partial charge < -0.3 is 39.6 Å². The van der Waals surface area contributed by atoms with Gasteiger partial charge in [0.2, 0.25) is 5.43 Å². The molecule has 3 aliphatic heterocycles. The number of β-amino-alcohol motifs (C(OH)–C–C–N with tert-alkyl or cyclic N) is 2. The van der Waals surface area contributed by atoms with Gasteiger partial charge in [-0.1, -0.05) is 6.07 Å². The highest BCUT2D eigenvalue weighted by Gasteiger charge is 2.43. The zero-order valence-corrected chi connectivity index (χ0v) is 23.4. The fraction of sp³-hybridized carbons (Fsp3) is 0.429. The second-order valence-corrected chi connectivity index (χ2v) is 10.5. The molecule has 2 saturated heterocycles. The number of aryl methyl sites for hydroxylation is 1. The molecule has 14 nitrogen and oxygen atoms in total. The molecule has 1 aromatic carbocycles. The molecule has 4 aliphatic rings. The number of hydrogen-bond acceptors (Lipinski definition) is 12. The Morgan fingerprint density at radius 2 is 1.50 bits per heavy atom. The van der Waals surface area contributed by atoms with Crippen LogP contribution in [0.25, 0.3) is 22.6 Å². The van der Waals surface area contributed by atoms with Crippen molar-refractivity contribution in [2.75, 3.05) is 33.0 Å². The fourth-order valence-electron chi connectivity index (χ4n) is 5.68. The minimum Gasteiger partial charge on any atom is -0.467 e. The molecule has 222 valence electrons. The van der Waals surface area contributed by atoms with E-state index in [-0.39, 0.29) is 65.2 Å². The summed E-state index contributed by atoms with van der Waals surface area (Å²) in [6.07, 6.45) is -2.05. The minimum absolute atomic E-state index is 0.00730. The van der Waals surface area contributed by atoms with Crippen molar-refractivity contribution < 1.29 is 43.3 Å². The molecule has 0 bridgehead atoms. The summed E-state index contributed by atoms with van der Waals surface area (Å²) >= 11 is 0. The number of rotatable bonds is 4. The predicted molar refractivity (Wildman–Crippen MR) is 146 cm³/mol. The molecule has 2 amide bonds. The van der Waals surface area contributed by atoms with E-state index in [1.54, 1.807) is 13.0 Å². The lowest BCUT2D eigenvalue weighted by atomic mass is 9.99. The van der Waals surface area contributed by atoms with Crippen molar-refractivity contribution in [2.24, 2.45) is 0 Å². The average Bonchev–Trinajstić information content (AvgIpc) is 3.57. The second kappa shape index (κ2) is 10.7. The van der Waals surface area contributed by atoms with Gasteiger partial charge in [-0.3, -0.25) is 14.4 Å². The van der Waals surface area contributed by atoms with E-state index in [1.165, 1.54) is 25.0 Å². The summed E-state index contributed by atoms with van der Waals surface area (Å²) in [5.74, 6) is -2.97. The third-order valence-electron chi connectivity index (χ3n) is 7.87. The van der Waals surface area contributed by atoms with Crippen molar-refractivity contribution in [2.45, 2.75) is 51.0 Å². The molecule has 0 aromatic heterocycles. The Bertz CT molecular complexity index is 1670. The number of aliphatic hydroxyl groups excluding tert-OH is 2. The van der Waals surface area contributed by atoms with Gasteiger partial charge in [0.05, 0.1) is 43.2 Å². The third kappa shape index (κ3) is 4.52. The van der Waals surface area contributed by atoms with Gasteiger partial charge >= 0.3 is 11.9 Å². The first-order chi connectivity index (χ1) is 19.9. The lowest BCUT2D eigenvalue weighted by Crippen LogP contribution is -2.42. The van der Waals surface area contributed by atoms with Gasteiger partial charge in [0.15, 0.2) is 11.3 Å². The van der Waals surface area contributed by atoms with Crippen molar-refractivity contribution in [1.29, 1.82) is 0 Å². The first-order valence-corrected chi connectivity index (χ1v) is 13.2. The van der Waals surface area contributed by atoms with E-state index in [0.717, 1.165) is 12.0 Å². The first-order valence-electron chi connectivity index (χ1n) is 13.2. The highest BCUT2D eigenvalue weighted by atomic mass is 16.5. The summed E-state index contributed by atoms with van der Waals surface area (Å²) in [5, 5.41) is 20.5. The molecule has 0 spiro atoms. The molecule has 4 atom stereocenters. The number of amides is 2. The Balaban J connectivity index is 1.73. The number of fused-ring (bicyclic) bond motifs is 2. The summed E-state index contributed by atoms with van der Waals surface area (Å²) in [6.45, 7) is 2.82. The number of benzene rings is 2. The molecule has 0 saturated carbocycles. The lowest BCUT2D eigenvalue weighted by molar-refractivity contribution is -0.145. The predicted octanol–water partition coefficient (Wildman–Crippen LogP) is -0.0114. The summed E-state index contributed by atoms with van der Waals surface area (Å²) in [6, 6.07) is 0.936. The minimum atomic E-state index is -1.13. The van der Waals surface area contributed by atoms with Gasteiger partial charge in [-0.2, -0.15) is 0 Å². The van der Waals surface area contributed by atoms with E-state index in [0.29, 0.717) is 5.56 Å². The number of hydrogen-bond donors (Lipinski definition) is 3. The molecular formula is C28H30N4O10. The Morgan fingerprint density at radius 1 is 0.952 bits per heavy atom. The highest BCUT2D eigenvalue weighted by Crippen LogP contribution is 2.37. The number of nitrogen functional groups attached to an aromatic ring is 1. The molecule has 0 radical (unpaired) electrons. The van der Waals surface area contributed by atoms with Crippen LogP contribution in [-0.2, 0) is 19.1 Å². The second-order valence-electron chi connectivity index (χ2n) is 10.5. The Kier molecular flexibility index (Phi) is 7.37. The van der Waals surface area contributed by atoms with Crippen molar-refractivity contribution in [1.82, 2.24) is 14.8 Å². The van der Waals surface area contributed by atoms with Gasteiger partial charge in [-0.25, -0.2) is 14.6 Å². The summed E-state index contributed by atoms with van der Waals surface area (Å²) in [5.41, 5.74) is 5.41. The number of nitrogens with two attached hydrogens (primary N) is 1. The standard InChI is InChI=1S/C28H30N4O10/c1-11-5-6-15(25(36)31-9-13(33)7-16(31)27(38)40-3)20-23(11)42-24-12(2)22(35)19(29)18(21(24)30-20)26(37)32-10-14(34)8-17(32)28(39)41-4/h5-6,13-14,16-17,33-34H,7-10,29H2,1-4H3/t13?,14?,16-,17-/m0/s1. The Labute approximate surface area is 238 Å². The van der Waals surface area contributed by atoms with Crippen LogP contribution in [-0.4, -0.2) is 100 Å². The van der Waals surface area contributed by atoms with E-state index < -0.39 is 59.2 Å². The number of aromatic nitrogens is 1. The largest absolute Gasteiger partial charge is 0.467 e. The summed E-state index contributed by atoms with van der Waals surface area (Å²) < 4.78 is 15.8. The number of ether oxygens (including phenoxy) is 2. The molecule has 42 heavy (non-hydrogen) atoms. The van der Waals surface area contributed by atoms with Crippen molar-refractivity contribution >= 4 is 40.5 Å². The number of carbonyl (C=O) groups is 4. The van der Waals surface area contributed by atoms with Crippen LogP contribution in [0.15, 0.2) is 21.3 Å². The summed E-state index contributed by atoms with van der Waals surface area (Å²) in [4.78, 5) is 72.5. The maximum absolute atomic E-state index is 13.9. The molecule has 1 aromatic rings. The van der Waals surface area contributed by atoms with E-state index in [1.807, 2.05) is 0 Å². The Hall–Kier alpha value is -4.56. The van der Waals surface area contributed by atoms with Crippen LogP contribution in [0.1, 0.15) is 44.7 Å². The molecular weight excluding hydrogens is 552 g/mol. The van der Waals surface area contributed by atoms with Gasteiger partial charge in [0.1, 0.15) is 23.3 Å². The van der Waals surface area contributed by atoms with Crippen molar-refractivity contribution in [3.63, 3.8) is 0 Å². The molecule has 2 unspecified atom stereocenters. The van der Waals surface area contributed by atoms with E-state index >= 15 is 0 Å².